The average molecular weight is 312 g/mol. The third-order valence-corrected chi connectivity index (χ3v) is 3.79. The van der Waals surface area contributed by atoms with Crippen LogP contribution in [-0.2, 0) is 19.6 Å². The van der Waals surface area contributed by atoms with Crippen molar-refractivity contribution in [3.8, 4) is 11.5 Å². The van der Waals surface area contributed by atoms with E-state index in [1.165, 1.54) is 16.7 Å². The van der Waals surface area contributed by atoms with E-state index >= 15 is 0 Å². The molecule has 0 aromatic heterocycles. The van der Waals surface area contributed by atoms with Crippen molar-refractivity contribution in [2.45, 2.75) is 19.6 Å². The largest absolute Gasteiger partial charge is 0.486 e. The summed E-state index contributed by atoms with van der Waals surface area (Å²) >= 11 is 0. The Morgan fingerprint density at radius 2 is 1.43 bits per heavy atom. The Labute approximate surface area is 138 Å². The molecule has 1 aliphatic heterocycles. The van der Waals surface area contributed by atoms with E-state index < -0.39 is 0 Å². The zero-order valence-electron chi connectivity index (χ0n) is 13.8. The van der Waals surface area contributed by atoms with Gasteiger partial charge in [0.25, 0.3) is 0 Å². The van der Waals surface area contributed by atoms with Crippen LogP contribution in [0.1, 0.15) is 16.7 Å². The number of nitrogens with one attached hydrogen (secondary N) is 1. The van der Waals surface area contributed by atoms with Crippen molar-refractivity contribution in [1.29, 1.82) is 0 Å². The zero-order valence-corrected chi connectivity index (χ0v) is 13.8. The van der Waals surface area contributed by atoms with Crippen LogP contribution in [0.25, 0.3) is 0 Å². The van der Waals surface area contributed by atoms with E-state index in [-0.39, 0.29) is 0 Å². The number of nitrogens with zero attached hydrogens (tertiary/aromatic N) is 1. The standard InChI is InChI=1S/C19H24N2O2/c1-21(2)14-16-5-3-15(4-6-16)12-20-13-17-7-8-18-19(11-17)23-10-9-22-18/h3-8,11,20H,9-10,12-14H2,1-2H3. The molecule has 0 spiro atoms. The first-order valence-electron chi connectivity index (χ1n) is 8.02. The summed E-state index contributed by atoms with van der Waals surface area (Å²) in [5.74, 6) is 1.69. The summed E-state index contributed by atoms with van der Waals surface area (Å²) in [6.45, 7) is 3.91. The molecule has 122 valence electrons. The minimum Gasteiger partial charge on any atom is -0.486 e. The summed E-state index contributed by atoms with van der Waals surface area (Å²) in [6, 6.07) is 14.9. The molecule has 1 N–H and O–H groups in total. The van der Waals surface area contributed by atoms with Gasteiger partial charge in [0, 0.05) is 19.6 Å². The average Bonchev–Trinajstić information content (AvgIpc) is 2.56. The van der Waals surface area contributed by atoms with Gasteiger partial charge in [-0.25, -0.2) is 0 Å². The molecule has 0 unspecified atom stereocenters. The highest BCUT2D eigenvalue weighted by molar-refractivity contribution is 5.43. The Morgan fingerprint density at radius 1 is 0.826 bits per heavy atom. The molecular weight excluding hydrogens is 288 g/mol. The quantitative estimate of drug-likeness (QED) is 0.889. The van der Waals surface area contributed by atoms with Crippen molar-refractivity contribution >= 4 is 0 Å². The van der Waals surface area contributed by atoms with E-state index in [9.17, 15) is 0 Å². The van der Waals surface area contributed by atoms with Gasteiger partial charge in [0.05, 0.1) is 0 Å². The smallest absolute Gasteiger partial charge is 0.161 e. The van der Waals surface area contributed by atoms with Gasteiger partial charge in [0.15, 0.2) is 11.5 Å². The van der Waals surface area contributed by atoms with Crippen LogP contribution in [-0.4, -0.2) is 32.2 Å². The van der Waals surface area contributed by atoms with Gasteiger partial charge in [0.2, 0.25) is 0 Å². The Bertz CT molecular complexity index is 638. The molecule has 3 rings (SSSR count). The number of hydrogen-bond acceptors (Lipinski definition) is 4. The summed E-state index contributed by atoms with van der Waals surface area (Å²) < 4.78 is 11.2. The van der Waals surface area contributed by atoms with Crippen LogP contribution in [0.5, 0.6) is 11.5 Å². The molecule has 2 aromatic rings. The van der Waals surface area contributed by atoms with E-state index in [1.807, 2.05) is 6.07 Å². The molecule has 1 heterocycles. The molecule has 1 aliphatic rings. The van der Waals surface area contributed by atoms with Crippen molar-refractivity contribution < 1.29 is 9.47 Å². The summed E-state index contributed by atoms with van der Waals surface area (Å²) in [4.78, 5) is 2.18. The van der Waals surface area contributed by atoms with Crippen LogP contribution in [0.15, 0.2) is 42.5 Å². The molecular formula is C19H24N2O2. The van der Waals surface area contributed by atoms with Crippen LogP contribution in [0.4, 0.5) is 0 Å². The Balaban J connectivity index is 1.51. The third-order valence-electron chi connectivity index (χ3n) is 3.79. The first-order chi connectivity index (χ1) is 11.2. The predicted octanol–water partition coefficient (Wildman–Crippen LogP) is 2.81. The van der Waals surface area contributed by atoms with Gasteiger partial charge in [-0.15, -0.1) is 0 Å². The number of benzene rings is 2. The molecule has 0 amide bonds. The van der Waals surface area contributed by atoms with Gasteiger partial charge in [-0.1, -0.05) is 30.3 Å². The van der Waals surface area contributed by atoms with Gasteiger partial charge in [-0.05, 0) is 42.9 Å². The van der Waals surface area contributed by atoms with E-state index in [0.29, 0.717) is 13.2 Å². The molecule has 0 atom stereocenters. The Morgan fingerprint density at radius 3 is 2.17 bits per heavy atom. The van der Waals surface area contributed by atoms with Crippen LogP contribution in [0, 0.1) is 0 Å². The highest BCUT2D eigenvalue weighted by Crippen LogP contribution is 2.30. The first kappa shape index (κ1) is 15.8. The van der Waals surface area contributed by atoms with E-state index in [1.54, 1.807) is 0 Å². The summed E-state index contributed by atoms with van der Waals surface area (Å²) in [5.41, 5.74) is 3.84. The maximum absolute atomic E-state index is 5.62. The lowest BCUT2D eigenvalue weighted by Gasteiger charge is -2.19. The molecule has 0 saturated carbocycles. The monoisotopic (exact) mass is 312 g/mol. The second-order valence-electron chi connectivity index (χ2n) is 6.14. The van der Waals surface area contributed by atoms with Crippen molar-refractivity contribution in [2.75, 3.05) is 27.3 Å². The lowest BCUT2D eigenvalue weighted by atomic mass is 10.1. The highest BCUT2D eigenvalue weighted by Gasteiger charge is 2.11. The fourth-order valence-corrected chi connectivity index (χ4v) is 2.68. The molecule has 0 bridgehead atoms. The normalized spacial score (nSPS) is 13.3. The Hall–Kier alpha value is -2.04. The molecule has 0 saturated heterocycles. The fraction of sp³-hybridized carbons (Fsp3) is 0.368. The molecule has 23 heavy (non-hydrogen) atoms. The van der Waals surface area contributed by atoms with Crippen molar-refractivity contribution in [3.05, 3.63) is 59.2 Å². The van der Waals surface area contributed by atoms with Gasteiger partial charge in [-0.2, -0.15) is 0 Å². The van der Waals surface area contributed by atoms with Crippen LogP contribution >= 0.6 is 0 Å². The fourth-order valence-electron chi connectivity index (χ4n) is 2.68. The third kappa shape index (κ3) is 4.47. The van der Waals surface area contributed by atoms with Crippen LogP contribution < -0.4 is 14.8 Å². The van der Waals surface area contributed by atoms with Crippen LogP contribution in [0.3, 0.4) is 0 Å². The molecule has 0 radical (unpaired) electrons. The molecule has 4 nitrogen and oxygen atoms in total. The minimum atomic E-state index is 0.628. The topological polar surface area (TPSA) is 33.7 Å². The van der Waals surface area contributed by atoms with E-state index in [2.05, 4.69) is 60.7 Å². The van der Waals surface area contributed by atoms with Gasteiger partial charge in [0.1, 0.15) is 13.2 Å². The van der Waals surface area contributed by atoms with Crippen LogP contribution in [0.2, 0.25) is 0 Å². The number of hydrogen-bond donors (Lipinski definition) is 1. The summed E-state index contributed by atoms with van der Waals surface area (Å²) in [6.07, 6.45) is 0. The minimum absolute atomic E-state index is 0.628. The molecule has 4 heteroatoms. The van der Waals surface area contributed by atoms with Crippen molar-refractivity contribution in [1.82, 2.24) is 10.2 Å². The second-order valence-corrected chi connectivity index (χ2v) is 6.14. The second kappa shape index (κ2) is 7.49. The molecule has 0 fully saturated rings. The van der Waals surface area contributed by atoms with Gasteiger partial charge >= 0.3 is 0 Å². The molecule has 0 aliphatic carbocycles. The maximum atomic E-state index is 5.62. The van der Waals surface area contributed by atoms with Gasteiger partial charge < -0.3 is 19.7 Å². The predicted molar refractivity (Wildman–Crippen MR) is 91.8 cm³/mol. The van der Waals surface area contributed by atoms with Gasteiger partial charge in [-0.3, -0.25) is 0 Å². The summed E-state index contributed by atoms with van der Waals surface area (Å²) in [5, 5.41) is 3.48. The van der Waals surface area contributed by atoms with Crippen molar-refractivity contribution in [3.63, 3.8) is 0 Å². The number of fused-ring (bicyclic) bond motifs is 1. The SMILES string of the molecule is CN(C)Cc1ccc(CNCc2ccc3c(c2)OCCO3)cc1. The van der Waals surface area contributed by atoms with E-state index in [0.717, 1.165) is 31.1 Å². The number of rotatable bonds is 6. The number of ether oxygens (including phenoxy) is 2. The first-order valence-corrected chi connectivity index (χ1v) is 8.02. The lowest BCUT2D eigenvalue weighted by molar-refractivity contribution is 0.171. The molecule has 2 aromatic carbocycles. The zero-order chi connectivity index (χ0) is 16.1. The Kier molecular flexibility index (Phi) is 5.16. The maximum Gasteiger partial charge on any atom is 0.161 e. The summed E-state index contributed by atoms with van der Waals surface area (Å²) in [7, 11) is 4.17. The van der Waals surface area contributed by atoms with E-state index in [4.69, 9.17) is 9.47 Å². The van der Waals surface area contributed by atoms with Crippen molar-refractivity contribution in [2.24, 2.45) is 0 Å². The lowest BCUT2D eigenvalue weighted by Crippen LogP contribution is -2.16. The highest BCUT2D eigenvalue weighted by atomic mass is 16.6.